The van der Waals surface area contributed by atoms with Gasteiger partial charge in [0.25, 0.3) is 0 Å². The third-order valence-corrected chi connectivity index (χ3v) is 5.24. The van der Waals surface area contributed by atoms with E-state index in [-0.39, 0.29) is 18.9 Å². The van der Waals surface area contributed by atoms with Crippen LogP contribution in [0.1, 0.15) is 50.5 Å². The average molecular weight is 434 g/mol. The fourth-order valence-corrected chi connectivity index (χ4v) is 3.46. The molecule has 0 spiro atoms. The van der Waals surface area contributed by atoms with Gasteiger partial charge in [-0.2, -0.15) is 0 Å². The molecular formula is C22H31N3O6. The summed E-state index contributed by atoms with van der Waals surface area (Å²) in [5.74, 6) is -2.38. The van der Waals surface area contributed by atoms with Gasteiger partial charge in [-0.15, -0.1) is 0 Å². The predicted octanol–water partition coefficient (Wildman–Crippen LogP) is 2.18. The molecule has 9 heteroatoms. The zero-order valence-corrected chi connectivity index (χ0v) is 17.5. The van der Waals surface area contributed by atoms with Crippen LogP contribution in [0.4, 0.5) is 0 Å². The number of nitrogens with one attached hydrogen (secondary N) is 1. The zero-order valence-electron chi connectivity index (χ0n) is 17.5. The number of aliphatic carboxylic acids is 2. The van der Waals surface area contributed by atoms with Crippen LogP contribution in [0, 0.1) is 0 Å². The predicted molar refractivity (Wildman–Crippen MR) is 115 cm³/mol. The molecule has 0 aliphatic heterocycles. The summed E-state index contributed by atoms with van der Waals surface area (Å²) in [4.78, 5) is 35.5. The van der Waals surface area contributed by atoms with E-state index < -0.39 is 30.0 Å². The molecule has 7 N–H and O–H groups in total. The smallest absolute Gasteiger partial charge is 0.323 e. The number of ether oxygens (including phenoxy) is 1. The number of esters is 1. The lowest BCUT2D eigenvalue weighted by atomic mass is 9.98. The minimum atomic E-state index is -0.972. The lowest BCUT2D eigenvalue weighted by Gasteiger charge is -2.23. The van der Waals surface area contributed by atoms with Gasteiger partial charge in [-0.3, -0.25) is 14.4 Å². The molecule has 2 aromatic rings. The van der Waals surface area contributed by atoms with Gasteiger partial charge in [0, 0.05) is 29.9 Å². The van der Waals surface area contributed by atoms with Gasteiger partial charge in [0.1, 0.15) is 18.2 Å². The molecule has 9 nitrogen and oxygen atoms in total. The van der Waals surface area contributed by atoms with Crippen LogP contribution in [-0.4, -0.2) is 51.3 Å². The summed E-state index contributed by atoms with van der Waals surface area (Å²) < 4.78 is 5.23. The maximum atomic E-state index is 11.5. The van der Waals surface area contributed by atoms with E-state index >= 15 is 0 Å². The summed E-state index contributed by atoms with van der Waals surface area (Å²) in [5.41, 5.74) is 13.0. The van der Waals surface area contributed by atoms with Crippen LogP contribution in [0.15, 0.2) is 30.5 Å². The molecule has 3 rings (SSSR count). The molecule has 0 radical (unpaired) electrons. The second-order valence-electron chi connectivity index (χ2n) is 7.74. The summed E-state index contributed by atoms with van der Waals surface area (Å²) in [6, 6.07) is 6.11. The number of H-pyrrole nitrogens is 1. The number of hydrogen-bond acceptors (Lipinski definition) is 6. The van der Waals surface area contributed by atoms with Gasteiger partial charge < -0.3 is 31.4 Å². The van der Waals surface area contributed by atoms with Crippen molar-refractivity contribution in [2.75, 3.05) is 0 Å². The number of carbonyl (C=O) groups is 3. The number of carboxylic acids is 2. The SMILES string of the molecule is NC(CCC(=O)O)C(=O)OC1CCCCC1.NC(Cc1c[nH]c2ccccc12)C(=O)O. The van der Waals surface area contributed by atoms with Crippen molar-refractivity contribution >= 4 is 28.8 Å². The van der Waals surface area contributed by atoms with Crippen molar-refractivity contribution in [3.63, 3.8) is 0 Å². The van der Waals surface area contributed by atoms with Gasteiger partial charge in [-0.25, -0.2) is 0 Å². The van der Waals surface area contributed by atoms with E-state index in [9.17, 15) is 14.4 Å². The number of aromatic amines is 1. The standard InChI is InChI=1S/C11H12N2O2.C11H19NO4/c12-9(11(14)15)5-7-6-13-10-4-2-1-3-8(7)10;12-9(6-7-10(13)14)11(15)16-8-4-2-1-3-5-8/h1-4,6,9,13H,5,12H2,(H,14,15);8-9H,1-7,12H2,(H,13,14). The third-order valence-electron chi connectivity index (χ3n) is 5.24. The number of nitrogens with two attached hydrogens (primary N) is 2. The Bertz CT molecular complexity index is 875. The van der Waals surface area contributed by atoms with E-state index in [2.05, 4.69) is 4.98 Å². The summed E-state index contributed by atoms with van der Waals surface area (Å²) in [6.07, 6.45) is 7.35. The zero-order chi connectivity index (χ0) is 22.8. The third kappa shape index (κ3) is 8.03. The van der Waals surface area contributed by atoms with Gasteiger partial charge in [0.05, 0.1) is 0 Å². The van der Waals surface area contributed by atoms with Crippen LogP contribution in [0.3, 0.4) is 0 Å². The summed E-state index contributed by atoms with van der Waals surface area (Å²) in [6.45, 7) is 0. The molecule has 1 aliphatic rings. The molecule has 1 aliphatic carbocycles. The Kier molecular flexibility index (Phi) is 9.48. The number of aromatic nitrogens is 1. The Balaban J connectivity index is 0.000000220. The second kappa shape index (κ2) is 12.1. The summed E-state index contributed by atoms with van der Waals surface area (Å²) in [7, 11) is 0. The van der Waals surface area contributed by atoms with Crippen molar-refractivity contribution in [1.82, 2.24) is 4.98 Å². The first-order valence-electron chi connectivity index (χ1n) is 10.5. The summed E-state index contributed by atoms with van der Waals surface area (Å²) in [5, 5.41) is 18.2. The first-order chi connectivity index (χ1) is 14.8. The van der Waals surface area contributed by atoms with E-state index in [0.717, 1.165) is 42.1 Å². The lowest BCUT2D eigenvalue weighted by molar-refractivity contribution is -0.152. The van der Waals surface area contributed by atoms with E-state index in [4.69, 9.17) is 26.4 Å². The fraction of sp³-hybridized carbons (Fsp3) is 0.500. The van der Waals surface area contributed by atoms with Crippen molar-refractivity contribution in [2.45, 2.75) is 69.6 Å². The van der Waals surface area contributed by atoms with Crippen molar-refractivity contribution < 1.29 is 29.3 Å². The largest absolute Gasteiger partial charge is 0.481 e. The van der Waals surface area contributed by atoms with Crippen molar-refractivity contribution in [1.29, 1.82) is 0 Å². The Morgan fingerprint density at radius 1 is 1.06 bits per heavy atom. The Labute approximate surface area is 180 Å². The molecule has 0 bridgehead atoms. The topological polar surface area (TPSA) is 169 Å². The van der Waals surface area contributed by atoms with Crippen LogP contribution < -0.4 is 11.5 Å². The first-order valence-corrected chi connectivity index (χ1v) is 10.5. The highest BCUT2D eigenvalue weighted by Gasteiger charge is 2.22. The van der Waals surface area contributed by atoms with Crippen LogP contribution in [-0.2, 0) is 25.5 Å². The fourth-order valence-electron chi connectivity index (χ4n) is 3.46. The molecule has 2 atom stereocenters. The van der Waals surface area contributed by atoms with Gasteiger partial charge in [0.2, 0.25) is 0 Å². The van der Waals surface area contributed by atoms with Gasteiger partial charge >= 0.3 is 17.9 Å². The monoisotopic (exact) mass is 433 g/mol. The second-order valence-corrected chi connectivity index (χ2v) is 7.74. The highest BCUT2D eigenvalue weighted by atomic mass is 16.5. The number of para-hydroxylation sites is 1. The Hall–Kier alpha value is -2.91. The molecule has 1 saturated carbocycles. The maximum Gasteiger partial charge on any atom is 0.323 e. The van der Waals surface area contributed by atoms with Crippen LogP contribution in [0.5, 0.6) is 0 Å². The summed E-state index contributed by atoms with van der Waals surface area (Å²) >= 11 is 0. The first kappa shape index (κ1) is 24.4. The molecule has 170 valence electrons. The normalized spacial score (nSPS) is 16.1. The van der Waals surface area contributed by atoms with Crippen molar-refractivity contribution in [3.8, 4) is 0 Å². The van der Waals surface area contributed by atoms with Gasteiger partial charge in [-0.1, -0.05) is 24.6 Å². The molecular weight excluding hydrogens is 402 g/mol. The molecule has 1 heterocycles. The van der Waals surface area contributed by atoms with Crippen LogP contribution >= 0.6 is 0 Å². The van der Waals surface area contributed by atoms with Gasteiger partial charge in [0.15, 0.2) is 0 Å². The maximum absolute atomic E-state index is 11.5. The number of benzene rings is 1. The molecule has 0 saturated heterocycles. The quantitative estimate of drug-likeness (QED) is 0.394. The molecule has 1 fully saturated rings. The number of carboxylic acid groups (broad SMARTS) is 2. The minimum absolute atomic E-state index is 0.0165. The van der Waals surface area contributed by atoms with E-state index in [1.54, 1.807) is 0 Å². The van der Waals surface area contributed by atoms with Crippen molar-refractivity contribution in [3.05, 3.63) is 36.0 Å². The molecule has 1 aromatic heterocycles. The lowest BCUT2D eigenvalue weighted by Crippen LogP contribution is -2.36. The number of rotatable bonds is 8. The molecule has 31 heavy (non-hydrogen) atoms. The number of carbonyl (C=O) groups excluding carboxylic acids is 1. The van der Waals surface area contributed by atoms with Crippen LogP contribution in [0.2, 0.25) is 0 Å². The van der Waals surface area contributed by atoms with E-state index in [0.29, 0.717) is 6.42 Å². The Morgan fingerprint density at radius 3 is 2.39 bits per heavy atom. The van der Waals surface area contributed by atoms with Crippen LogP contribution in [0.25, 0.3) is 10.9 Å². The van der Waals surface area contributed by atoms with E-state index in [1.807, 2.05) is 30.5 Å². The Morgan fingerprint density at radius 2 is 1.74 bits per heavy atom. The van der Waals surface area contributed by atoms with Crippen molar-refractivity contribution in [2.24, 2.45) is 11.5 Å². The molecule has 1 aromatic carbocycles. The van der Waals surface area contributed by atoms with E-state index in [1.165, 1.54) is 6.42 Å². The highest BCUT2D eigenvalue weighted by molar-refractivity contribution is 5.84. The minimum Gasteiger partial charge on any atom is -0.481 e. The number of fused-ring (bicyclic) bond motifs is 1. The molecule has 0 amide bonds. The highest BCUT2D eigenvalue weighted by Crippen LogP contribution is 2.21. The van der Waals surface area contributed by atoms with Gasteiger partial charge in [-0.05, 0) is 43.7 Å². The average Bonchev–Trinajstić information content (AvgIpc) is 3.16. The number of hydrogen-bond donors (Lipinski definition) is 5. The molecule has 2 unspecified atom stereocenters.